The summed E-state index contributed by atoms with van der Waals surface area (Å²) in [5.74, 6) is -0.247. The molecule has 1 aliphatic carbocycles. The predicted molar refractivity (Wildman–Crippen MR) is 80.1 cm³/mol. The summed E-state index contributed by atoms with van der Waals surface area (Å²) in [4.78, 5) is 25.0. The molecule has 0 spiro atoms. The fourth-order valence-electron chi connectivity index (χ4n) is 2.14. The van der Waals surface area contributed by atoms with E-state index in [1.54, 1.807) is 18.9 Å². The maximum atomic E-state index is 12.1. The van der Waals surface area contributed by atoms with Crippen molar-refractivity contribution in [3.05, 3.63) is 0 Å². The number of rotatable bonds is 7. The highest BCUT2D eigenvalue weighted by molar-refractivity contribution is 5.71. The molecule has 122 valence electrons. The number of carbonyl (C=O) groups is 2. The van der Waals surface area contributed by atoms with Crippen molar-refractivity contribution in [3.8, 4) is 0 Å². The number of amides is 1. The maximum absolute atomic E-state index is 12.1. The average molecular weight is 300 g/mol. The van der Waals surface area contributed by atoms with Crippen LogP contribution in [0.25, 0.3) is 0 Å². The molecule has 1 rings (SSSR count). The molecule has 0 aliphatic heterocycles. The van der Waals surface area contributed by atoms with Crippen molar-refractivity contribution >= 4 is 12.1 Å². The molecular formula is C15H28N2O4. The van der Waals surface area contributed by atoms with E-state index in [0.717, 1.165) is 19.3 Å². The van der Waals surface area contributed by atoms with Gasteiger partial charge in [-0.1, -0.05) is 0 Å². The predicted octanol–water partition coefficient (Wildman–Crippen LogP) is 1.93. The number of carbonyl (C=O) groups excluding carboxylic acids is 2. The highest BCUT2D eigenvalue weighted by atomic mass is 16.6. The molecule has 0 aromatic carbocycles. The van der Waals surface area contributed by atoms with E-state index < -0.39 is 5.60 Å². The quantitative estimate of drug-likeness (QED) is 0.575. The number of hydrogen-bond donors (Lipinski definition) is 1. The van der Waals surface area contributed by atoms with Crippen molar-refractivity contribution in [3.63, 3.8) is 0 Å². The van der Waals surface area contributed by atoms with E-state index in [1.165, 1.54) is 0 Å². The summed E-state index contributed by atoms with van der Waals surface area (Å²) in [5, 5.41) is 3.05. The molecule has 1 fully saturated rings. The molecule has 0 aromatic rings. The summed E-state index contributed by atoms with van der Waals surface area (Å²) in [6, 6.07) is 0. The third-order valence-corrected chi connectivity index (χ3v) is 3.55. The normalized spacial score (nSPS) is 16.2. The van der Waals surface area contributed by atoms with Crippen molar-refractivity contribution in [2.24, 2.45) is 0 Å². The molecule has 0 saturated heterocycles. The Morgan fingerprint density at radius 2 is 1.90 bits per heavy atom. The summed E-state index contributed by atoms with van der Waals surface area (Å²) in [6.07, 6.45) is 2.47. The molecular weight excluding hydrogens is 272 g/mol. The lowest BCUT2D eigenvalue weighted by molar-refractivity contribution is -0.142. The zero-order valence-corrected chi connectivity index (χ0v) is 13.8. The van der Waals surface area contributed by atoms with E-state index in [2.05, 4.69) is 5.32 Å². The van der Waals surface area contributed by atoms with E-state index in [1.807, 2.05) is 20.8 Å². The fourth-order valence-corrected chi connectivity index (χ4v) is 2.14. The number of ether oxygens (including phenoxy) is 2. The second-order valence-corrected chi connectivity index (χ2v) is 6.50. The molecule has 21 heavy (non-hydrogen) atoms. The van der Waals surface area contributed by atoms with Crippen molar-refractivity contribution in [2.75, 3.05) is 26.7 Å². The molecule has 6 nitrogen and oxygen atoms in total. The van der Waals surface area contributed by atoms with Gasteiger partial charge < -0.3 is 19.7 Å². The summed E-state index contributed by atoms with van der Waals surface area (Å²) >= 11 is 0. The molecule has 0 atom stereocenters. The van der Waals surface area contributed by atoms with Gasteiger partial charge in [-0.25, -0.2) is 4.79 Å². The Morgan fingerprint density at radius 1 is 1.29 bits per heavy atom. The van der Waals surface area contributed by atoms with Crippen molar-refractivity contribution in [2.45, 2.75) is 58.1 Å². The molecule has 6 heteroatoms. The van der Waals surface area contributed by atoms with Gasteiger partial charge in [-0.05, 0) is 53.5 Å². The van der Waals surface area contributed by atoms with Gasteiger partial charge >= 0.3 is 12.1 Å². The van der Waals surface area contributed by atoms with E-state index in [-0.39, 0.29) is 24.1 Å². The lowest BCUT2D eigenvalue weighted by Crippen LogP contribution is -2.43. The Bertz CT molecular complexity index is 372. The van der Waals surface area contributed by atoms with Crippen molar-refractivity contribution in [1.82, 2.24) is 10.2 Å². The van der Waals surface area contributed by atoms with Crippen LogP contribution in [0.15, 0.2) is 0 Å². The minimum Gasteiger partial charge on any atom is -0.465 e. The molecule has 0 radical (unpaired) electrons. The lowest BCUT2D eigenvalue weighted by atomic mass is 10.1. The molecule has 1 saturated carbocycles. The molecule has 1 aliphatic rings. The van der Waals surface area contributed by atoms with Gasteiger partial charge in [-0.15, -0.1) is 0 Å². The van der Waals surface area contributed by atoms with E-state index in [4.69, 9.17) is 9.47 Å². The van der Waals surface area contributed by atoms with Crippen molar-refractivity contribution < 1.29 is 19.1 Å². The Morgan fingerprint density at radius 3 is 2.38 bits per heavy atom. The van der Waals surface area contributed by atoms with Gasteiger partial charge in [0.2, 0.25) is 0 Å². The van der Waals surface area contributed by atoms with Crippen LogP contribution in [0.3, 0.4) is 0 Å². The number of nitrogens with zero attached hydrogens (tertiary/aromatic N) is 1. The smallest absolute Gasteiger partial charge is 0.410 e. The number of hydrogen-bond acceptors (Lipinski definition) is 5. The van der Waals surface area contributed by atoms with Gasteiger partial charge in [0, 0.05) is 12.6 Å². The van der Waals surface area contributed by atoms with Gasteiger partial charge in [0.1, 0.15) is 5.60 Å². The second-order valence-electron chi connectivity index (χ2n) is 6.50. The SMILES string of the molecule is CCOC(=O)CNCCC1(N(C)C(=O)OC(C)(C)C)CC1. The van der Waals surface area contributed by atoms with Crippen LogP contribution in [0.1, 0.15) is 47.0 Å². The molecule has 0 aromatic heterocycles. The number of esters is 1. The fraction of sp³-hybridized carbons (Fsp3) is 0.867. The van der Waals surface area contributed by atoms with Gasteiger partial charge in [-0.3, -0.25) is 4.79 Å². The van der Waals surface area contributed by atoms with Gasteiger partial charge in [0.15, 0.2) is 0 Å². The molecule has 1 N–H and O–H groups in total. The van der Waals surface area contributed by atoms with E-state index >= 15 is 0 Å². The first kappa shape index (κ1) is 17.8. The zero-order chi connectivity index (χ0) is 16.1. The summed E-state index contributed by atoms with van der Waals surface area (Å²) < 4.78 is 10.2. The van der Waals surface area contributed by atoms with E-state index in [9.17, 15) is 9.59 Å². The van der Waals surface area contributed by atoms with Crippen LogP contribution >= 0.6 is 0 Å². The van der Waals surface area contributed by atoms with Crippen LogP contribution in [0.2, 0.25) is 0 Å². The van der Waals surface area contributed by atoms with Crippen molar-refractivity contribution in [1.29, 1.82) is 0 Å². The van der Waals surface area contributed by atoms with Gasteiger partial charge in [-0.2, -0.15) is 0 Å². The monoisotopic (exact) mass is 300 g/mol. The summed E-state index contributed by atoms with van der Waals surface area (Å²) in [7, 11) is 1.78. The van der Waals surface area contributed by atoms with Crippen LogP contribution in [0.5, 0.6) is 0 Å². The minimum atomic E-state index is -0.483. The Kier molecular flexibility index (Phi) is 6.01. The number of nitrogens with one attached hydrogen (secondary N) is 1. The largest absolute Gasteiger partial charge is 0.465 e. The average Bonchev–Trinajstić information content (AvgIpc) is 3.13. The second kappa shape index (κ2) is 7.11. The van der Waals surface area contributed by atoms with Crippen LogP contribution in [-0.4, -0.2) is 54.8 Å². The Balaban J connectivity index is 2.33. The summed E-state index contributed by atoms with van der Waals surface area (Å²) in [5.41, 5.74) is -0.604. The third-order valence-electron chi connectivity index (χ3n) is 3.55. The minimum absolute atomic E-state index is 0.121. The van der Waals surface area contributed by atoms with Gasteiger partial charge in [0.25, 0.3) is 0 Å². The Labute approximate surface area is 127 Å². The first-order valence-corrected chi connectivity index (χ1v) is 7.53. The third kappa shape index (κ3) is 5.91. The lowest BCUT2D eigenvalue weighted by Gasteiger charge is -2.31. The standard InChI is InChI=1S/C15H28N2O4/c1-6-20-12(18)11-16-10-9-15(7-8-15)17(5)13(19)21-14(2,3)4/h16H,6-11H2,1-5H3. The highest BCUT2D eigenvalue weighted by Gasteiger charge is 2.48. The first-order valence-electron chi connectivity index (χ1n) is 7.53. The highest BCUT2D eigenvalue weighted by Crippen LogP contribution is 2.44. The van der Waals surface area contributed by atoms with E-state index in [0.29, 0.717) is 13.2 Å². The maximum Gasteiger partial charge on any atom is 0.410 e. The van der Waals surface area contributed by atoms with Crippen LogP contribution < -0.4 is 5.32 Å². The molecule has 0 unspecified atom stereocenters. The van der Waals surface area contributed by atoms with Crippen LogP contribution in [-0.2, 0) is 14.3 Å². The van der Waals surface area contributed by atoms with Crippen LogP contribution in [0, 0.1) is 0 Å². The Hall–Kier alpha value is -1.30. The zero-order valence-electron chi connectivity index (χ0n) is 13.8. The topological polar surface area (TPSA) is 67.9 Å². The van der Waals surface area contributed by atoms with Gasteiger partial charge in [0.05, 0.1) is 13.2 Å². The molecule has 0 heterocycles. The molecule has 0 bridgehead atoms. The first-order chi connectivity index (χ1) is 9.70. The van der Waals surface area contributed by atoms with Crippen LogP contribution in [0.4, 0.5) is 4.79 Å². The summed E-state index contributed by atoms with van der Waals surface area (Å²) in [6.45, 7) is 8.64. The molecule has 1 amide bonds.